The number of benzene rings is 3. The highest BCUT2D eigenvalue weighted by atomic mass is 79.9. The summed E-state index contributed by atoms with van der Waals surface area (Å²) in [6.07, 6.45) is 4.48. The fraction of sp³-hybridized carbons (Fsp3) is 0.333. The van der Waals surface area contributed by atoms with Gasteiger partial charge in [0.2, 0.25) is 0 Å². The van der Waals surface area contributed by atoms with Gasteiger partial charge in [-0.3, -0.25) is 0 Å². The van der Waals surface area contributed by atoms with Crippen molar-refractivity contribution in [2.75, 3.05) is 5.32 Å². The van der Waals surface area contributed by atoms with Crippen LogP contribution in [0.15, 0.2) is 77.7 Å². The van der Waals surface area contributed by atoms with Gasteiger partial charge in [0.25, 0.3) is 0 Å². The van der Waals surface area contributed by atoms with Gasteiger partial charge in [0, 0.05) is 29.1 Å². The number of nitrogens with zero attached hydrogens (tertiary/aromatic N) is 2. The maximum atomic E-state index is 15.9. The average molecular weight is 703 g/mol. The van der Waals surface area contributed by atoms with Crippen LogP contribution in [-0.2, 0) is 31.5 Å². The maximum Gasteiger partial charge on any atom is 0.179 e. The lowest BCUT2D eigenvalue weighted by Gasteiger charge is -2.38. The zero-order valence-electron chi connectivity index (χ0n) is 25.3. The summed E-state index contributed by atoms with van der Waals surface area (Å²) in [7, 11) is -3.58. The second-order valence-corrected chi connectivity index (χ2v) is 14.7. The van der Waals surface area contributed by atoms with Crippen molar-refractivity contribution in [3.8, 4) is 5.75 Å². The number of ether oxygens (including phenoxy) is 3. The van der Waals surface area contributed by atoms with E-state index in [2.05, 4.69) is 31.2 Å². The van der Waals surface area contributed by atoms with Gasteiger partial charge in [-0.25, -0.2) is 27.2 Å². The molecule has 0 radical (unpaired) electrons. The monoisotopic (exact) mass is 701 g/mol. The third kappa shape index (κ3) is 6.83. The first-order valence-corrected chi connectivity index (χ1v) is 16.9. The minimum absolute atomic E-state index is 0.192. The second-order valence-electron chi connectivity index (χ2n) is 11.1. The predicted molar refractivity (Wildman–Crippen MR) is 173 cm³/mol. The molecule has 1 aromatic heterocycles. The minimum Gasteiger partial charge on any atom is -0.488 e. The molecule has 3 unspecified atom stereocenters. The van der Waals surface area contributed by atoms with Gasteiger partial charge in [0.1, 0.15) is 42.2 Å². The molecule has 1 N–H and O–H groups in total. The number of nitrogens with one attached hydrogen (secondary N) is 1. The van der Waals surface area contributed by atoms with Crippen LogP contribution in [0.25, 0.3) is 10.9 Å². The fourth-order valence-corrected chi connectivity index (χ4v) is 6.89. The van der Waals surface area contributed by atoms with Crippen LogP contribution in [0.4, 0.5) is 20.3 Å². The van der Waals surface area contributed by atoms with E-state index in [9.17, 15) is 12.8 Å². The van der Waals surface area contributed by atoms with Gasteiger partial charge in [-0.15, -0.1) is 0 Å². The SMILES string of the molecule is CCC(OC(C)S(=O)(=O)C(C)C)C1(c2cc3c(Nc4ccc(OCc5cccc(F)c5)c(Br)c4)ncnc3cc2F)CC=CO1. The number of anilines is 2. The van der Waals surface area contributed by atoms with Crippen LogP contribution in [0.2, 0.25) is 0 Å². The summed E-state index contributed by atoms with van der Waals surface area (Å²) < 4.78 is 73.9. The molecule has 12 heteroatoms. The predicted octanol–water partition coefficient (Wildman–Crippen LogP) is 8.09. The Morgan fingerprint density at radius 3 is 2.56 bits per heavy atom. The third-order valence-corrected chi connectivity index (χ3v) is 10.8. The topological polar surface area (TPSA) is 99.6 Å². The first-order valence-electron chi connectivity index (χ1n) is 14.5. The van der Waals surface area contributed by atoms with Crippen LogP contribution >= 0.6 is 15.9 Å². The summed E-state index contributed by atoms with van der Waals surface area (Å²) >= 11 is 3.54. The molecule has 4 aromatic rings. The van der Waals surface area contributed by atoms with Crippen LogP contribution in [-0.4, -0.2) is 35.2 Å². The van der Waals surface area contributed by atoms with Gasteiger partial charge in [-0.05, 0) is 91.2 Å². The Hall–Kier alpha value is -3.61. The van der Waals surface area contributed by atoms with Crippen molar-refractivity contribution in [2.45, 2.75) is 69.5 Å². The van der Waals surface area contributed by atoms with Crippen LogP contribution in [0.1, 0.15) is 51.7 Å². The van der Waals surface area contributed by atoms with Crippen molar-refractivity contribution in [3.05, 3.63) is 100 Å². The van der Waals surface area contributed by atoms with Gasteiger partial charge in [0.15, 0.2) is 20.9 Å². The molecular formula is C33H34BrF2N3O5S. The highest BCUT2D eigenvalue weighted by Crippen LogP contribution is 2.44. The summed E-state index contributed by atoms with van der Waals surface area (Å²) in [5.41, 5.74) is -0.473. The molecule has 1 aliphatic rings. The zero-order chi connectivity index (χ0) is 32.4. The Kier molecular flexibility index (Phi) is 9.76. The molecule has 0 bridgehead atoms. The molecule has 0 aliphatic carbocycles. The number of halogens is 3. The molecule has 238 valence electrons. The molecule has 3 aromatic carbocycles. The van der Waals surface area contributed by atoms with Crippen molar-refractivity contribution in [1.82, 2.24) is 9.97 Å². The standard InChI is InChI=1S/C33H34BrF2N3O5S/c1-5-31(44-21(4)45(40,41)20(2)3)33(12-7-13-43-33)26-16-25-29(17-28(26)36)37-19-38-32(25)39-24-10-11-30(27(34)15-24)42-18-22-8-6-9-23(35)14-22/h6-11,13-17,19-21,31H,5,12,18H2,1-4H3,(H,37,38,39). The van der Waals surface area contributed by atoms with E-state index in [-0.39, 0.29) is 24.4 Å². The molecule has 0 saturated heterocycles. The van der Waals surface area contributed by atoms with Crippen molar-refractivity contribution in [2.24, 2.45) is 0 Å². The van der Waals surface area contributed by atoms with E-state index in [0.717, 1.165) is 0 Å². The second kappa shape index (κ2) is 13.4. The van der Waals surface area contributed by atoms with E-state index in [1.165, 1.54) is 37.7 Å². The number of hydrogen-bond donors (Lipinski definition) is 1. The lowest BCUT2D eigenvalue weighted by molar-refractivity contribution is -0.117. The van der Waals surface area contributed by atoms with Crippen molar-refractivity contribution in [3.63, 3.8) is 0 Å². The van der Waals surface area contributed by atoms with Gasteiger partial charge >= 0.3 is 0 Å². The summed E-state index contributed by atoms with van der Waals surface area (Å²) in [6, 6.07) is 14.5. The quantitative estimate of drug-likeness (QED) is 0.158. The Labute approximate surface area is 269 Å². The molecule has 5 rings (SSSR count). The van der Waals surface area contributed by atoms with Crippen LogP contribution in [0.3, 0.4) is 0 Å². The van der Waals surface area contributed by atoms with E-state index < -0.39 is 38.0 Å². The molecule has 0 saturated carbocycles. The summed E-state index contributed by atoms with van der Waals surface area (Å²) in [5, 5.41) is 3.17. The summed E-state index contributed by atoms with van der Waals surface area (Å²) in [5.74, 6) is 0.101. The molecule has 0 spiro atoms. The van der Waals surface area contributed by atoms with Crippen molar-refractivity contribution >= 4 is 48.2 Å². The van der Waals surface area contributed by atoms with Crippen molar-refractivity contribution in [1.29, 1.82) is 0 Å². The molecule has 3 atom stereocenters. The molecule has 1 aliphatic heterocycles. The Morgan fingerprint density at radius 2 is 1.89 bits per heavy atom. The largest absolute Gasteiger partial charge is 0.488 e. The number of hydrogen-bond acceptors (Lipinski definition) is 8. The highest BCUT2D eigenvalue weighted by molar-refractivity contribution is 9.10. The molecule has 2 heterocycles. The Balaban J connectivity index is 1.45. The maximum absolute atomic E-state index is 15.9. The molecule has 0 amide bonds. The van der Waals surface area contributed by atoms with E-state index in [4.69, 9.17) is 14.2 Å². The van der Waals surface area contributed by atoms with E-state index in [0.29, 0.717) is 44.6 Å². The van der Waals surface area contributed by atoms with Gasteiger partial charge in [0.05, 0.1) is 21.5 Å². The number of sulfone groups is 1. The number of rotatable bonds is 12. The fourth-order valence-electron chi connectivity index (χ4n) is 5.34. The van der Waals surface area contributed by atoms with Crippen LogP contribution in [0, 0.1) is 11.6 Å². The summed E-state index contributed by atoms with van der Waals surface area (Å²) in [6.45, 7) is 6.74. The first kappa shape index (κ1) is 32.8. The summed E-state index contributed by atoms with van der Waals surface area (Å²) in [4.78, 5) is 8.71. The minimum atomic E-state index is -3.58. The Morgan fingerprint density at radius 1 is 1.09 bits per heavy atom. The molecule has 8 nitrogen and oxygen atoms in total. The average Bonchev–Trinajstić information content (AvgIpc) is 3.50. The van der Waals surface area contributed by atoms with Gasteiger partial charge in [-0.1, -0.05) is 19.1 Å². The lowest BCUT2D eigenvalue weighted by Crippen LogP contribution is -2.45. The van der Waals surface area contributed by atoms with E-state index in [1.807, 2.05) is 13.0 Å². The molecule has 0 fully saturated rings. The lowest BCUT2D eigenvalue weighted by atomic mass is 9.83. The third-order valence-electron chi connectivity index (χ3n) is 7.82. The number of fused-ring (bicyclic) bond motifs is 1. The van der Waals surface area contributed by atoms with E-state index in [1.54, 1.807) is 50.3 Å². The Bertz CT molecular complexity index is 1830. The van der Waals surface area contributed by atoms with Crippen LogP contribution in [0.5, 0.6) is 5.75 Å². The van der Waals surface area contributed by atoms with Crippen LogP contribution < -0.4 is 10.1 Å². The van der Waals surface area contributed by atoms with Crippen molar-refractivity contribution < 1.29 is 31.4 Å². The zero-order valence-corrected chi connectivity index (χ0v) is 27.7. The number of aromatic nitrogens is 2. The van der Waals surface area contributed by atoms with Gasteiger partial charge in [-0.2, -0.15) is 0 Å². The smallest absolute Gasteiger partial charge is 0.179 e. The van der Waals surface area contributed by atoms with Gasteiger partial charge < -0.3 is 19.5 Å². The molecule has 45 heavy (non-hydrogen) atoms. The normalized spacial score (nSPS) is 17.8. The first-order chi connectivity index (χ1) is 21.4. The highest BCUT2D eigenvalue weighted by Gasteiger charge is 2.47. The molecular weight excluding hydrogens is 668 g/mol. The van der Waals surface area contributed by atoms with E-state index >= 15 is 4.39 Å².